The van der Waals surface area contributed by atoms with E-state index in [1.807, 2.05) is 12.1 Å². The van der Waals surface area contributed by atoms with E-state index in [0.717, 1.165) is 12.1 Å². The van der Waals surface area contributed by atoms with Crippen molar-refractivity contribution in [2.75, 3.05) is 0 Å². The van der Waals surface area contributed by atoms with Gasteiger partial charge in [0.15, 0.2) is 5.41 Å². The van der Waals surface area contributed by atoms with Gasteiger partial charge in [0, 0.05) is 6.42 Å². The van der Waals surface area contributed by atoms with Gasteiger partial charge in [-0.25, -0.2) is 0 Å². The summed E-state index contributed by atoms with van der Waals surface area (Å²) < 4.78 is 37.3. The van der Waals surface area contributed by atoms with Crippen LogP contribution in [0.25, 0.3) is 0 Å². The molecule has 0 saturated heterocycles. The summed E-state index contributed by atoms with van der Waals surface area (Å²) in [7, 11) is 0. The van der Waals surface area contributed by atoms with Crippen molar-refractivity contribution in [3.8, 4) is 12.1 Å². The van der Waals surface area contributed by atoms with Gasteiger partial charge < -0.3 is 0 Å². The van der Waals surface area contributed by atoms with Crippen molar-refractivity contribution in [1.82, 2.24) is 0 Å². The number of nitrogens with zero attached hydrogens (tertiary/aromatic N) is 2. The number of halogens is 3. The maximum Gasteiger partial charge on any atom is 0.416 e. The summed E-state index contributed by atoms with van der Waals surface area (Å²) in [6, 6.07) is 8.46. The molecule has 0 radical (unpaired) electrons. The highest BCUT2D eigenvalue weighted by atomic mass is 19.4. The summed E-state index contributed by atoms with van der Waals surface area (Å²) in [6.45, 7) is 1.78. The molecule has 1 aromatic rings. The Hall–Kier alpha value is -2.27. The molecular formula is C15H13F3N2. The minimum Gasteiger partial charge on any atom is -0.197 e. The van der Waals surface area contributed by atoms with Crippen LogP contribution >= 0.6 is 0 Å². The Balaban J connectivity index is 2.97. The summed E-state index contributed by atoms with van der Waals surface area (Å²) in [6.07, 6.45) is -0.599. The number of benzene rings is 1. The molecule has 0 aliphatic heterocycles. The first-order valence-electron chi connectivity index (χ1n) is 5.97. The molecule has 0 atom stereocenters. The lowest BCUT2D eigenvalue weighted by atomic mass is 9.81. The van der Waals surface area contributed by atoms with Crippen molar-refractivity contribution in [2.45, 2.75) is 25.9 Å². The zero-order valence-electron chi connectivity index (χ0n) is 10.9. The quantitative estimate of drug-likeness (QED) is 0.773. The van der Waals surface area contributed by atoms with Crippen molar-refractivity contribution in [3.05, 3.63) is 47.5 Å². The molecule has 1 rings (SSSR count). The van der Waals surface area contributed by atoms with Gasteiger partial charge in [-0.3, -0.25) is 0 Å². The molecular weight excluding hydrogens is 265 g/mol. The van der Waals surface area contributed by atoms with Crippen LogP contribution in [0.3, 0.4) is 0 Å². The van der Waals surface area contributed by atoms with Crippen LogP contribution in [0.15, 0.2) is 36.4 Å². The molecule has 20 heavy (non-hydrogen) atoms. The highest BCUT2D eigenvalue weighted by Crippen LogP contribution is 2.31. The van der Waals surface area contributed by atoms with Crippen molar-refractivity contribution in [1.29, 1.82) is 10.5 Å². The normalized spacial score (nSPS) is 12.1. The topological polar surface area (TPSA) is 47.6 Å². The van der Waals surface area contributed by atoms with E-state index >= 15 is 0 Å². The molecule has 0 saturated carbocycles. The van der Waals surface area contributed by atoms with E-state index < -0.39 is 17.2 Å². The van der Waals surface area contributed by atoms with Crippen molar-refractivity contribution >= 4 is 0 Å². The van der Waals surface area contributed by atoms with Crippen molar-refractivity contribution in [3.63, 3.8) is 0 Å². The molecule has 0 bridgehead atoms. The molecule has 0 aliphatic rings. The maximum absolute atomic E-state index is 12.4. The number of hydrogen-bond acceptors (Lipinski definition) is 2. The first-order chi connectivity index (χ1) is 9.37. The fraction of sp³-hybridized carbons (Fsp3) is 0.333. The van der Waals surface area contributed by atoms with E-state index in [2.05, 4.69) is 0 Å². The van der Waals surface area contributed by atoms with Crippen LogP contribution in [-0.2, 0) is 12.6 Å². The van der Waals surface area contributed by atoms with Gasteiger partial charge in [0.25, 0.3) is 0 Å². The predicted octanol–water partition coefficient (Wildman–Crippen LogP) is 4.25. The van der Waals surface area contributed by atoms with Crippen LogP contribution in [0.4, 0.5) is 13.2 Å². The second kappa shape index (κ2) is 6.25. The van der Waals surface area contributed by atoms with Crippen LogP contribution < -0.4 is 0 Å². The lowest BCUT2D eigenvalue weighted by Gasteiger charge is -2.17. The number of hydrogen-bond donors (Lipinski definition) is 0. The first-order valence-corrected chi connectivity index (χ1v) is 5.97. The Bertz CT molecular complexity index is 543. The van der Waals surface area contributed by atoms with Gasteiger partial charge >= 0.3 is 6.18 Å². The Morgan fingerprint density at radius 1 is 1.10 bits per heavy atom. The third kappa shape index (κ3) is 3.86. The van der Waals surface area contributed by atoms with Gasteiger partial charge in [-0.2, -0.15) is 23.7 Å². The molecule has 5 heteroatoms. The molecule has 0 aromatic heterocycles. The highest BCUT2D eigenvalue weighted by Gasteiger charge is 2.32. The lowest BCUT2D eigenvalue weighted by Crippen LogP contribution is -2.18. The zero-order chi connectivity index (χ0) is 15.2. The standard InChI is InChI=1S/C15H13F3N2/c1-2-3-8-14(10-19,11-20)9-12-4-6-13(7-5-12)15(16,17)18/h2-7H,8-9H2,1H3/b3-2+. The van der Waals surface area contributed by atoms with Gasteiger partial charge in [0.05, 0.1) is 17.7 Å². The fourth-order valence-electron chi connectivity index (χ4n) is 1.75. The van der Waals surface area contributed by atoms with Crippen molar-refractivity contribution < 1.29 is 13.2 Å². The third-order valence-electron chi connectivity index (χ3n) is 2.92. The molecule has 0 amide bonds. The highest BCUT2D eigenvalue weighted by molar-refractivity contribution is 5.29. The van der Waals surface area contributed by atoms with Crippen LogP contribution in [0.2, 0.25) is 0 Å². The summed E-state index contributed by atoms with van der Waals surface area (Å²) in [4.78, 5) is 0. The van der Waals surface area contributed by atoms with E-state index in [1.165, 1.54) is 12.1 Å². The lowest BCUT2D eigenvalue weighted by molar-refractivity contribution is -0.137. The van der Waals surface area contributed by atoms with Gasteiger partial charge in [-0.05, 0) is 31.0 Å². The minimum absolute atomic E-state index is 0.0997. The van der Waals surface area contributed by atoms with E-state index in [4.69, 9.17) is 10.5 Å². The molecule has 0 aliphatic carbocycles. The van der Waals surface area contributed by atoms with E-state index in [-0.39, 0.29) is 12.8 Å². The minimum atomic E-state index is -4.38. The molecule has 0 heterocycles. The monoisotopic (exact) mass is 278 g/mol. The SMILES string of the molecule is C/C=C/CC(C#N)(C#N)Cc1ccc(C(F)(F)F)cc1. The van der Waals surface area contributed by atoms with E-state index in [1.54, 1.807) is 19.1 Å². The second-order valence-corrected chi connectivity index (χ2v) is 4.45. The summed E-state index contributed by atoms with van der Waals surface area (Å²) in [5, 5.41) is 18.3. The average molecular weight is 278 g/mol. The Labute approximate surface area is 115 Å². The largest absolute Gasteiger partial charge is 0.416 e. The molecule has 1 aromatic carbocycles. The van der Waals surface area contributed by atoms with E-state index in [9.17, 15) is 13.2 Å². The zero-order valence-corrected chi connectivity index (χ0v) is 10.9. The first kappa shape index (κ1) is 15.8. The average Bonchev–Trinajstić information content (AvgIpc) is 2.43. The smallest absolute Gasteiger partial charge is 0.197 e. The molecule has 0 N–H and O–H groups in total. The summed E-state index contributed by atoms with van der Waals surface area (Å²) >= 11 is 0. The van der Waals surface area contributed by atoms with Gasteiger partial charge in [-0.15, -0.1) is 0 Å². The Kier molecular flexibility index (Phi) is 4.94. The van der Waals surface area contributed by atoms with Gasteiger partial charge in [0.1, 0.15) is 0 Å². The number of alkyl halides is 3. The van der Waals surface area contributed by atoms with Crippen LogP contribution in [0.1, 0.15) is 24.5 Å². The van der Waals surface area contributed by atoms with Crippen LogP contribution in [0.5, 0.6) is 0 Å². The predicted molar refractivity (Wildman–Crippen MR) is 68.2 cm³/mol. The molecule has 2 nitrogen and oxygen atoms in total. The summed E-state index contributed by atoms with van der Waals surface area (Å²) in [5.74, 6) is 0. The third-order valence-corrected chi connectivity index (χ3v) is 2.92. The van der Waals surface area contributed by atoms with E-state index in [0.29, 0.717) is 5.56 Å². The van der Waals surface area contributed by atoms with Gasteiger partial charge in [-0.1, -0.05) is 24.3 Å². The van der Waals surface area contributed by atoms with Gasteiger partial charge in [0.2, 0.25) is 0 Å². The molecule has 0 spiro atoms. The second-order valence-electron chi connectivity index (χ2n) is 4.45. The van der Waals surface area contributed by atoms with Crippen LogP contribution in [0, 0.1) is 28.1 Å². The maximum atomic E-state index is 12.4. The summed E-state index contributed by atoms with van der Waals surface area (Å²) in [5.41, 5.74) is -1.45. The fourth-order valence-corrected chi connectivity index (χ4v) is 1.75. The number of nitriles is 2. The van der Waals surface area contributed by atoms with Crippen LogP contribution in [-0.4, -0.2) is 0 Å². The number of rotatable bonds is 4. The Morgan fingerprint density at radius 2 is 1.65 bits per heavy atom. The van der Waals surface area contributed by atoms with Crippen molar-refractivity contribution in [2.24, 2.45) is 5.41 Å². The Morgan fingerprint density at radius 3 is 2.05 bits per heavy atom. The molecule has 0 unspecified atom stereocenters. The number of allylic oxidation sites excluding steroid dienone is 2. The molecule has 0 fully saturated rings. The molecule has 104 valence electrons.